The van der Waals surface area contributed by atoms with Gasteiger partial charge in [0.1, 0.15) is 16.9 Å². The van der Waals surface area contributed by atoms with Gasteiger partial charge in [0.25, 0.3) is 0 Å². The van der Waals surface area contributed by atoms with Crippen molar-refractivity contribution in [2.24, 2.45) is 0 Å². The average molecular weight is 432 g/mol. The molecule has 0 aliphatic carbocycles. The van der Waals surface area contributed by atoms with Gasteiger partial charge in [0.15, 0.2) is 0 Å². The van der Waals surface area contributed by atoms with Crippen LogP contribution < -0.4 is 15.7 Å². The van der Waals surface area contributed by atoms with Gasteiger partial charge in [-0.2, -0.15) is 0 Å². The molecule has 0 saturated carbocycles. The normalized spacial score (nSPS) is 11.4. The van der Waals surface area contributed by atoms with Gasteiger partial charge in [-0.15, -0.1) is 0 Å². The predicted molar refractivity (Wildman–Crippen MR) is 119 cm³/mol. The van der Waals surface area contributed by atoms with Crippen LogP contribution in [0.3, 0.4) is 0 Å². The van der Waals surface area contributed by atoms with Crippen LogP contribution in [0.25, 0.3) is 11.0 Å². The molecule has 2 rings (SSSR count). The first-order chi connectivity index (χ1) is 14.7. The first-order valence-corrected chi connectivity index (χ1v) is 10.9. The van der Waals surface area contributed by atoms with Gasteiger partial charge in [-0.25, -0.2) is 9.59 Å². The van der Waals surface area contributed by atoms with Gasteiger partial charge in [-0.3, -0.25) is 4.79 Å². The van der Waals surface area contributed by atoms with E-state index in [4.69, 9.17) is 13.9 Å². The summed E-state index contributed by atoms with van der Waals surface area (Å²) in [4.78, 5) is 35.5. The van der Waals surface area contributed by atoms with Crippen LogP contribution in [-0.4, -0.2) is 24.2 Å². The van der Waals surface area contributed by atoms with Gasteiger partial charge in [-0.05, 0) is 64.2 Å². The number of unbranched alkanes of at least 4 members (excludes halogenated alkanes) is 3. The number of esters is 1. The Morgan fingerprint density at radius 2 is 1.84 bits per heavy atom. The monoisotopic (exact) mass is 431 g/mol. The molecule has 0 spiro atoms. The van der Waals surface area contributed by atoms with E-state index in [-0.39, 0.29) is 12.4 Å². The minimum atomic E-state index is -0.518. The fourth-order valence-corrected chi connectivity index (χ4v) is 3.11. The molecule has 31 heavy (non-hydrogen) atoms. The number of hydrogen-bond donors (Lipinski definition) is 1. The molecular formula is C24H33NO6. The van der Waals surface area contributed by atoms with E-state index in [0.717, 1.165) is 43.1 Å². The number of aryl methyl sites for hydroxylation is 1. The number of carbonyl (C=O) groups is 2. The van der Waals surface area contributed by atoms with Crippen molar-refractivity contribution in [3.8, 4) is 5.75 Å². The van der Waals surface area contributed by atoms with Crippen LogP contribution in [0.4, 0.5) is 4.79 Å². The third-order valence-corrected chi connectivity index (χ3v) is 4.56. The van der Waals surface area contributed by atoms with Crippen molar-refractivity contribution in [2.45, 2.75) is 78.2 Å². The molecule has 1 N–H and O–H groups in total. The van der Waals surface area contributed by atoms with Crippen molar-refractivity contribution < 1.29 is 23.5 Å². The molecule has 0 atom stereocenters. The largest absolute Gasteiger partial charge is 0.444 e. The lowest BCUT2D eigenvalue weighted by molar-refractivity contribution is -0.134. The highest BCUT2D eigenvalue weighted by molar-refractivity contribution is 5.82. The topological polar surface area (TPSA) is 94.8 Å². The second kappa shape index (κ2) is 11.5. The zero-order valence-electron chi connectivity index (χ0n) is 18.9. The molecule has 1 aromatic carbocycles. The lowest BCUT2D eigenvalue weighted by Crippen LogP contribution is -2.33. The number of ether oxygens (including phenoxy) is 2. The standard InChI is InChI=1S/C24H33NO6/c1-5-6-10-17-15-22(27)30-20-16-18(12-13-19(17)20)29-21(26)11-8-7-9-14-25-23(28)31-24(2,3)4/h12-13,15-16H,5-11,14H2,1-4H3,(H,25,28). The number of fused-ring (bicyclic) bond motifs is 1. The van der Waals surface area contributed by atoms with Crippen molar-refractivity contribution in [2.75, 3.05) is 6.54 Å². The van der Waals surface area contributed by atoms with E-state index in [0.29, 0.717) is 24.3 Å². The van der Waals surface area contributed by atoms with Crippen LogP contribution in [0.1, 0.15) is 71.8 Å². The van der Waals surface area contributed by atoms with Crippen LogP contribution in [0, 0.1) is 0 Å². The van der Waals surface area contributed by atoms with Crippen molar-refractivity contribution in [3.05, 3.63) is 40.2 Å². The van der Waals surface area contributed by atoms with Crippen LogP contribution in [0.15, 0.2) is 33.5 Å². The Morgan fingerprint density at radius 1 is 1.06 bits per heavy atom. The summed E-state index contributed by atoms with van der Waals surface area (Å²) in [6, 6.07) is 6.67. The second-order valence-corrected chi connectivity index (χ2v) is 8.57. The number of hydrogen-bond acceptors (Lipinski definition) is 6. The van der Waals surface area contributed by atoms with Crippen LogP contribution >= 0.6 is 0 Å². The number of rotatable bonds is 10. The summed E-state index contributed by atoms with van der Waals surface area (Å²) in [5, 5.41) is 3.56. The summed E-state index contributed by atoms with van der Waals surface area (Å²) in [7, 11) is 0. The van der Waals surface area contributed by atoms with Gasteiger partial charge >= 0.3 is 17.7 Å². The number of carbonyl (C=O) groups excluding carboxylic acids is 2. The molecule has 7 nitrogen and oxygen atoms in total. The van der Waals surface area contributed by atoms with Crippen LogP contribution in [0.5, 0.6) is 5.75 Å². The summed E-state index contributed by atoms with van der Waals surface area (Å²) in [5.41, 5.74) is 0.459. The molecule has 1 amide bonds. The summed E-state index contributed by atoms with van der Waals surface area (Å²) in [5.74, 6) is 0.0174. The van der Waals surface area contributed by atoms with E-state index in [1.807, 2.05) is 26.8 Å². The van der Waals surface area contributed by atoms with E-state index >= 15 is 0 Å². The number of amides is 1. The zero-order valence-corrected chi connectivity index (χ0v) is 18.9. The van der Waals surface area contributed by atoms with Crippen molar-refractivity contribution in [3.63, 3.8) is 0 Å². The van der Waals surface area contributed by atoms with Crippen molar-refractivity contribution in [1.82, 2.24) is 5.32 Å². The molecule has 0 radical (unpaired) electrons. The molecule has 1 aromatic heterocycles. The summed E-state index contributed by atoms with van der Waals surface area (Å²) >= 11 is 0. The average Bonchev–Trinajstić information content (AvgIpc) is 2.67. The van der Waals surface area contributed by atoms with E-state index in [1.54, 1.807) is 12.1 Å². The maximum absolute atomic E-state index is 12.1. The maximum atomic E-state index is 12.1. The Morgan fingerprint density at radius 3 is 2.55 bits per heavy atom. The van der Waals surface area contributed by atoms with E-state index < -0.39 is 17.3 Å². The minimum absolute atomic E-state index is 0.269. The molecule has 1 heterocycles. The lowest BCUT2D eigenvalue weighted by atomic mass is 10.0. The van der Waals surface area contributed by atoms with Gasteiger partial charge in [0, 0.05) is 30.5 Å². The Kier molecular flexibility index (Phi) is 9.09. The van der Waals surface area contributed by atoms with Crippen molar-refractivity contribution in [1.29, 1.82) is 0 Å². The lowest BCUT2D eigenvalue weighted by Gasteiger charge is -2.19. The SMILES string of the molecule is CCCCc1cc(=O)oc2cc(OC(=O)CCCCCNC(=O)OC(C)(C)C)ccc12. The molecule has 0 bridgehead atoms. The molecule has 0 saturated heterocycles. The molecule has 0 fully saturated rings. The van der Waals surface area contributed by atoms with Crippen LogP contribution in [-0.2, 0) is 16.0 Å². The van der Waals surface area contributed by atoms with Crippen molar-refractivity contribution >= 4 is 23.0 Å². The first kappa shape index (κ1) is 24.4. The quantitative estimate of drug-likeness (QED) is 0.243. The molecular weight excluding hydrogens is 398 g/mol. The predicted octanol–water partition coefficient (Wildman–Crippen LogP) is 5.13. The maximum Gasteiger partial charge on any atom is 0.407 e. The number of benzene rings is 1. The first-order valence-electron chi connectivity index (χ1n) is 10.9. The Balaban J connectivity index is 1.78. The Hall–Kier alpha value is -2.83. The van der Waals surface area contributed by atoms with E-state index in [1.165, 1.54) is 6.07 Å². The zero-order chi connectivity index (χ0) is 22.9. The van der Waals surface area contributed by atoms with E-state index in [9.17, 15) is 14.4 Å². The molecule has 2 aromatic rings. The third kappa shape index (κ3) is 8.82. The number of alkyl carbamates (subject to hydrolysis) is 1. The van der Waals surface area contributed by atoms with Gasteiger partial charge < -0.3 is 19.2 Å². The summed E-state index contributed by atoms with van der Waals surface area (Å²) in [6.45, 7) is 8.03. The van der Waals surface area contributed by atoms with Gasteiger partial charge in [0.2, 0.25) is 0 Å². The Bertz CT molecular complexity index is 941. The summed E-state index contributed by atoms with van der Waals surface area (Å²) < 4.78 is 15.8. The highest BCUT2D eigenvalue weighted by Crippen LogP contribution is 2.24. The fraction of sp³-hybridized carbons (Fsp3) is 0.542. The molecule has 0 unspecified atom stereocenters. The summed E-state index contributed by atoms with van der Waals surface area (Å²) in [6.07, 6.45) is 4.83. The highest BCUT2D eigenvalue weighted by atomic mass is 16.6. The smallest absolute Gasteiger partial charge is 0.407 e. The second-order valence-electron chi connectivity index (χ2n) is 8.57. The molecule has 7 heteroatoms. The number of nitrogens with one attached hydrogen (secondary N) is 1. The highest BCUT2D eigenvalue weighted by Gasteiger charge is 2.15. The van der Waals surface area contributed by atoms with Gasteiger partial charge in [-0.1, -0.05) is 19.8 Å². The van der Waals surface area contributed by atoms with Crippen LogP contribution in [0.2, 0.25) is 0 Å². The molecule has 170 valence electrons. The molecule has 0 aliphatic rings. The molecule has 0 aliphatic heterocycles. The Labute approximate surface area is 183 Å². The van der Waals surface area contributed by atoms with Gasteiger partial charge in [0.05, 0.1) is 0 Å². The fourth-order valence-electron chi connectivity index (χ4n) is 3.11. The van der Waals surface area contributed by atoms with E-state index in [2.05, 4.69) is 12.2 Å². The third-order valence-electron chi connectivity index (χ3n) is 4.56. The minimum Gasteiger partial charge on any atom is -0.444 e.